The summed E-state index contributed by atoms with van der Waals surface area (Å²) >= 11 is 1.48. The van der Waals surface area contributed by atoms with E-state index < -0.39 is 47.9 Å². The van der Waals surface area contributed by atoms with Gasteiger partial charge in [0.05, 0.1) is 12.4 Å². The third-order valence-corrected chi connectivity index (χ3v) is 6.13. The quantitative estimate of drug-likeness (QED) is 0.0602. The fourth-order valence-electron chi connectivity index (χ4n) is 3.50. The largest absolute Gasteiger partial charge is 0.480 e. The molecule has 1 aromatic heterocycles. The zero-order chi connectivity index (χ0) is 28.7. The van der Waals surface area contributed by atoms with Crippen molar-refractivity contribution in [3.05, 3.63) is 18.2 Å². The van der Waals surface area contributed by atoms with Gasteiger partial charge in [0.1, 0.15) is 18.1 Å². The van der Waals surface area contributed by atoms with E-state index in [9.17, 15) is 24.3 Å². The lowest BCUT2D eigenvalue weighted by molar-refractivity contribution is -0.142. The Morgan fingerprint density at radius 2 is 1.68 bits per heavy atom. The zero-order valence-corrected chi connectivity index (χ0v) is 22.9. The maximum atomic E-state index is 13.2. The van der Waals surface area contributed by atoms with Gasteiger partial charge in [-0.1, -0.05) is 13.8 Å². The second-order valence-electron chi connectivity index (χ2n) is 9.27. The monoisotopic (exact) mass is 555 g/mol. The molecule has 0 spiro atoms. The fraction of sp³-hybridized carbons (Fsp3) is 0.652. The summed E-state index contributed by atoms with van der Waals surface area (Å²) in [4.78, 5) is 61.2. The van der Waals surface area contributed by atoms with E-state index in [2.05, 4.69) is 30.9 Å². The molecular weight excluding hydrogens is 514 g/mol. The fourth-order valence-corrected chi connectivity index (χ4v) is 3.97. The summed E-state index contributed by atoms with van der Waals surface area (Å²) in [6, 6.07) is -4.03. The first-order chi connectivity index (χ1) is 17.9. The van der Waals surface area contributed by atoms with E-state index in [0.717, 1.165) is 0 Å². The van der Waals surface area contributed by atoms with Crippen LogP contribution >= 0.6 is 11.8 Å². The number of hydrogen-bond acceptors (Lipinski definition) is 8. The highest BCUT2D eigenvalue weighted by Crippen LogP contribution is 2.09. The van der Waals surface area contributed by atoms with Gasteiger partial charge in [0, 0.05) is 24.9 Å². The SMILES string of the molecule is CSCCC(NC(=O)C(CC(C)C)NC(=O)C(N)CCCN=C(N)N)C(=O)NC(Cc1cnc[nH]1)C(=O)O. The van der Waals surface area contributed by atoms with E-state index in [0.29, 0.717) is 37.3 Å². The molecule has 14 nitrogen and oxygen atoms in total. The van der Waals surface area contributed by atoms with Crippen LogP contribution in [0.25, 0.3) is 0 Å². The molecular formula is C23H41N9O5S. The Balaban J connectivity index is 2.89. The summed E-state index contributed by atoms with van der Waals surface area (Å²) in [7, 11) is 0. The van der Waals surface area contributed by atoms with Crippen molar-refractivity contribution in [3.63, 3.8) is 0 Å². The second-order valence-corrected chi connectivity index (χ2v) is 10.3. The van der Waals surface area contributed by atoms with Gasteiger partial charge >= 0.3 is 5.97 Å². The minimum atomic E-state index is -1.22. The van der Waals surface area contributed by atoms with E-state index in [1.807, 2.05) is 20.1 Å². The number of amides is 3. The number of rotatable bonds is 18. The predicted molar refractivity (Wildman–Crippen MR) is 146 cm³/mol. The molecule has 4 atom stereocenters. The number of imidazole rings is 1. The number of thioether (sulfide) groups is 1. The smallest absolute Gasteiger partial charge is 0.326 e. The summed E-state index contributed by atoms with van der Waals surface area (Å²) in [5, 5.41) is 17.5. The van der Waals surface area contributed by atoms with Crippen molar-refractivity contribution >= 4 is 41.4 Å². The average Bonchev–Trinajstić information content (AvgIpc) is 3.35. The van der Waals surface area contributed by atoms with Crippen LogP contribution in [-0.2, 0) is 25.6 Å². The molecule has 4 unspecified atom stereocenters. The van der Waals surface area contributed by atoms with Crippen LogP contribution in [-0.4, -0.2) is 87.4 Å². The summed E-state index contributed by atoms with van der Waals surface area (Å²) < 4.78 is 0. The summed E-state index contributed by atoms with van der Waals surface area (Å²) in [5.41, 5.74) is 17.1. The molecule has 3 amide bonds. The van der Waals surface area contributed by atoms with Crippen LogP contribution in [0.5, 0.6) is 0 Å². The number of nitrogens with zero attached hydrogens (tertiary/aromatic N) is 2. The van der Waals surface area contributed by atoms with Crippen molar-refractivity contribution in [2.75, 3.05) is 18.6 Å². The molecule has 0 bridgehead atoms. The van der Waals surface area contributed by atoms with Crippen molar-refractivity contribution in [2.45, 2.75) is 70.1 Å². The van der Waals surface area contributed by atoms with Gasteiger partial charge in [-0.05, 0) is 43.6 Å². The Kier molecular flexibility index (Phi) is 14.8. The first-order valence-electron chi connectivity index (χ1n) is 12.4. The lowest BCUT2D eigenvalue weighted by Gasteiger charge is -2.26. The predicted octanol–water partition coefficient (Wildman–Crippen LogP) is -1.33. The van der Waals surface area contributed by atoms with E-state index >= 15 is 0 Å². The van der Waals surface area contributed by atoms with Gasteiger partial charge in [0.25, 0.3) is 0 Å². The molecule has 0 aromatic carbocycles. The molecule has 1 rings (SSSR count). The van der Waals surface area contributed by atoms with Crippen LogP contribution in [0, 0.1) is 5.92 Å². The second kappa shape index (κ2) is 17.2. The molecule has 0 saturated carbocycles. The van der Waals surface area contributed by atoms with Crippen molar-refractivity contribution in [1.29, 1.82) is 0 Å². The summed E-state index contributed by atoms with van der Waals surface area (Å²) in [6.45, 7) is 4.11. The van der Waals surface area contributed by atoms with Crippen LogP contribution in [0.3, 0.4) is 0 Å². The first kappa shape index (κ1) is 32.7. The van der Waals surface area contributed by atoms with Crippen LogP contribution < -0.4 is 33.2 Å². The molecule has 11 N–H and O–H groups in total. The van der Waals surface area contributed by atoms with Crippen LogP contribution in [0.1, 0.15) is 45.2 Å². The van der Waals surface area contributed by atoms with Crippen LogP contribution in [0.2, 0.25) is 0 Å². The normalized spacial score (nSPS) is 14.1. The first-order valence-corrected chi connectivity index (χ1v) is 13.7. The van der Waals surface area contributed by atoms with E-state index in [-0.39, 0.29) is 24.7 Å². The van der Waals surface area contributed by atoms with Gasteiger partial charge in [-0.15, -0.1) is 0 Å². The number of aromatic amines is 1. The number of hydrogen-bond donors (Lipinski definition) is 8. The van der Waals surface area contributed by atoms with E-state index in [4.69, 9.17) is 17.2 Å². The maximum Gasteiger partial charge on any atom is 0.326 e. The summed E-state index contributed by atoms with van der Waals surface area (Å²) in [6.07, 6.45) is 6.10. The van der Waals surface area contributed by atoms with Gasteiger partial charge in [-0.2, -0.15) is 11.8 Å². The molecule has 0 fully saturated rings. The topological polar surface area (TPSA) is 244 Å². The Hall–Kier alpha value is -3.33. The van der Waals surface area contributed by atoms with Crippen molar-refractivity contribution in [1.82, 2.24) is 25.9 Å². The van der Waals surface area contributed by atoms with Crippen molar-refractivity contribution in [2.24, 2.45) is 28.1 Å². The number of nitrogens with one attached hydrogen (secondary N) is 4. The highest BCUT2D eigenvalue weighted by atomic mass is 32.2. The third-order valence-electron chi connectivity index (χ3n) is 5.48. The van der Waals surface area contributed by atoms with E-state index in [1.165, 1.54) is 24.3 Å². The molecule has 0 radical (unpaired) electrons. The maximum absolute atomic E-state index is 13.2. The Bertz CT molecular complexity index is 922. The molecule has 214 valence electrons. The van der Waals surface area contributed by atoms with Crippen molar-refractivity contribution < 1.29 is 24.3 Å². The number of carboxylic acid groups (broad SMARTS) is 1. The number of H-pyrrole nitrogens is 1. The standard InChI is InChI=1S/C23H41N9O5S/c1-13(2)9-17(31-19(33)15(24)5-4-7-28-23(25)26)21(35)30-16(6-8-38-3)20(34)32-18(22(36)37)10-14-11-27-12-29-14/h11-13,15-18H,4-10,24H2,1-3H3,(H,27,29)(H,30,35)(H,31,33)(H,32,34)(H,36,37)(H4,25,26,28). The lowest BCUT2D eigenvalue weighted by atomic mass is 10.0. The number of aliphatic carboxylic acids is 1. The van der Waals surface area contributed by atoms with Crippen molar-refractivity contribution in [3.8, 4) is 0 Å². The lowest BCUT2D eigenvalue weighted by Crippen LogP contribution is -2.57. The van der Waals surface area contributed by atoms with Crippen LogP contribution in [0.15, 0.2) is 17.5 Å². The number of aromatic nitrogens is 2. The highest BCUT2D eigenvalue weighted by Gasteiger charge is 2.30. The highest BCUT2D eigenvalue weighted by molar-refractivity contribution is 7.98. The van der Waals surface area contributed by atoms with Gasteiger partial charge in [-0.25, -0.2) is 9.78 Å². The van der Waals surface area contributed by atoms with Gasteiger partial charge in [-0.3, -0.25) is 19.4 Å². The number of carbonyl (C=O) groups is 4. The van der Waals surface area contributed by atoms with Gasteiger partial charge in [0.15, 0.2) is 5.96 Å². The molecule has 0 aliphatic rings. The molecule has 15 heteroatoms. The Labute approximate surface area is 226 Å². The Morgan fingerprint density at radius 3 is 2.24 bits per heavy atom. The van der Waals surface area contributed by atoms with Gasteiger partial charge < -0.3 is 43.2 Å². The number of carbonyl (C=O) groups excluding carboxylic acids is 3. The van der Waals surface area contributed by atoms with Gasteiger partial charge in [0.2, 0.25) is 17.7 Å². The number of guanidine groups is 1. The molecule has 1 aromatic rings. The molecule has 0 aliphatic heterocycles. The zero-order valence-electron chi connectivity index (χ0n) is 22.1. The molecule has 0 aliphatic carbocycles. The number of aliphatic imine (C=N–C) groups is 1. The molecule has 1 heterocycles. The number of carboxylic acids is 1. The average molecular weight is 556 g/mol. The third kappa shape index (κ3) is 12.8. The molecule has 0 saturated heterocycles. The van der Waals surface area contributed by atoms with Crippen LogP contribution in [0.4, 0.5) is 0 Å². The summed E-state index contributed by atoms with van der Waals surface area (Å²) in [5.74, 6) is -2.38. The minimum Gasteiger partial charge on any atom is -0.480 e. The Morgan fingerprint density at radius 1 is 1.05 bits per heavy atom. The molecule has 38 heavy (non-hydrogen) atoms. The van der Waals surface area contributed by atoms with E-state index in [1.54, 1.807) is 0 Å². The minimum absolute atomic E-state index is 0.00261. The number of nitrogens with two attached hydrogens (primary N) is 3.